The van der Waals surface area contributed by atoms with Crippen LogP contribution in [0.2, 0.25) is 5.02 Å². The first-order chi connectivity index (χ1) is 11.5. The average molecular weight is 354 g/mol. The first-order valence-corrected chi connectivity index (χ1v) is 8.34. The molecule has 6 nitrogen and oxygen atoms in total. The molecule has 1 fully saturated rings. The van der Waals surface area contributed by atoms with Crippen molar-refractivity contribution in [1.82, 2.24) is 10.2 Å². The Balaban J connectivity index is 1.80. The predicted molar refractivity (Wildman–Crippen MR) is 94.6 cm³/mol. The maximum Gasteiger partial charge on any atom is 0.310 e. The van der Waals surface area contributed by atoms with Gasteiger partial charge in [-0.2, -0.15) is 0 Å². The molecule has 0 amide bonds. The van der Waals surface area contributed by atoms with Gasteiger partial charge in [0, 0.05) is 25.2 Å². The minimum absolute atomic E-state index is 0.115. The van der Waals surface area contributed by atoms with Crippen LogP contribution < -0.4 is 10.1 Å². The summed E-state index contributed by atoms with van der Waals surface area (Å²) in [6.45, 7) is 4.53. The summed E-state index contributed by atoms with van der Waals surface area (Å²) >= 11 is 5.92. The Morgan fingerprint density at radius 2 is 2.25 bits per heavy atom. The lowest BCUT2D eigenvalue weighted by molar-refractivity contribution is -0.145. The summed E-state index contributed by atoms with van der Waals surface area (Å²) in [6.07, 6.45) is 0. The van der Waals surface area contributed by atoms with E-state index in [0.717, 1.165) is 18.3 Å². The van der Waals surface area contributed by atoms with Crippen LogP contribution in [0.4, 0.5) is 0 Å². The van der Waals surface area contributed by atoms with Gasteiger partial charge in [-0.3, -0.25) is 9.79 Å². The minimum atomic E-state index is -0.162. The monoisotopic (exact) mass is 353 g/mol. The Hall–Kier alpha value is -1.95. The van der Waals surface area contributed by atoms with E-state index in [1.54, 1.807) is 19.2 Å². The zero-order chi connectivity index (χ0) is 17.5. The third-order valence-corrected chi connectivity index (χ3v) is 4.31. The molecule has 7 heteroatoms. The summed E-state index contributed by atoms with van der Waals surface area (Å²) in [6, 6.07) is 7.30. The summed E-state index contributed by atoms with van der Waals surface area (Å²) < 4.78 is 10.5. The SMILES string of the molecule is CN=C(NCCOc1cccc(Cl)c1)N1CC(C)C(C(=O)OC)C1. The van der Waals surface area contributed by atoms with E-state index in [0.29, 0.717) is 24.7 Å². The van der Waals surface area contributed by atoms with Crippen molar-refractivity contribution in [2.75, 3.05) is 40.4 Å². The number of rotatable bonds is 5. The van der Waals surface area contributed by atoms with E-state index < -0.39 is 0 Å². The van der Waals surface area contributed by atoms with Crippen molar-refractivity contribution >= 4 is 23.5 Å². The van der Waals surface area contributed by atoms with E-state index in [9.17, 15) is 4.79 Å². The molecule has 2 rings (SSSR count). The molecule has 1 N–H and O–H groups in total. The topological polar surface area (TPSA) is 63.2 Å². The summed E-state index contributed by atoms with van der Waals surface area (Å²) in [7, 11) is 3.16. The molecule has 2 atom stereocenters. The molecule has 0 aliphatic carbocycles. The van der Waals surface area contributed by atoms with Crippen LogP contribution in [0.25, 0.3) is 0 Å². The summed E-state index contributed by atoms with van der Waals surface area (Å²) in [4.78, 5) is 18.1. The van der Waals surface area contributed by atoms with Crippen molar-refractivity contribution in [3.8, 4) is 5.75 Å². The highest BCUT2D eigenvalue weighted by molar-refractivity contribution is 6.30. The minimum Gasteiger partial charge on any atom is -0.492 e. The molecule has 0 saturated carbocycles. The smallest absolute Gasteiger partial charge is 0.310 e. The number of esters is 1. The molecule has 1 aliphatic rings. The molecule has 1 aliphatic heterocycles. The first-order valence-electron chi connectivity index (χ1n) is 7.97. The molecule has 0 bridgehead atoms. The normalized spacial score (nSPS) is 20.8. The third-order valence-electron chi connectivity index (χ3n) is 4.08. The maximum absolute atomic E-state index is 11.8. The van der Waals surface area contributed by atoms with Crippen molar-refractivity contribution in [2.24, 2.45) is 16.8 Å². The number of nitrogens with zero attached hydrogens (tertiary/aromatic N) is 2. The van der Waals surface area contributed by atoms with Crippen LogP contribution in [0.15, 0.2) is 29.3 Å². The Kier molecular flexibility index (Phi) is 6.73. The van der Waals surface area contributed by atoms with Gasteiger partial charge >= 0.3 is 5.97 Å². The molecule has 132 valence electrons. The number of hydrogen-bond donors (Lipinski definition) is 1. The van der Waals surface area contributed by atoms with Gasteiger partial charge in [0.1, 0.15) is 12.4 Å². The number of nitrogens with one attached hydrogen (secondary N) is 1. The van der Waals surface area contributed by atoms with Gasteiger partial charge in [-0.25, -0.2) is 0 Å². The van der Waals surface area contributed by atoms with Crippen molar-refractivity contribution in [2.45, 2.75) is 6.92 Å². The number of halogens is 1. The predicted octanol–water partition coefficient (Wildman–Crippen LogP) is 2.04. The highest BCUT2D eigenvalue weighted by Gasteiger charge is 2.36. The highest BCUT2D eigenvalue weighted by Crippen LogP contribution is 2.24. The van der Waals surface area contributed by atoms with Gasteiger partial charge in [-0.15, -0.1) is 0 Å². The quantitative estimate of drug-likeness (QED) is 0.380. The van der Waals surface area contributed by atoms with E-state index >= 15 is 0 Å². The summed E-state index contributed by atoms with van der Waals surface area (Å²) in [5, 5.41) is 3.91. The van der Waals surface area contributed by atoms with Gasteiger partial charge in [0.25, 0.3) is 0 Å². The molecule has 0 spiro atoms. The molecule has 1 aromatic carbocycles. The second-order valence-electron chi connectivity index (χ2n) is 5.79. The molecule has 1 heterocycles. The van der Waals surface area contributed by atoms with Gasteiger partial charge in [-0.05, 0) is 24.1 Å². The van der Waals surface area contributed by atoms with Crippen LogP contribution in [-0.4, -0.2) is 57.2 Å². The number of carbonyl (C=O) groups is 1. The number of guanidine groups is 1. The lowest BCUT2D eigenvalue weighted by Crippen LogP contribution is -2.42. The van der Waals surface area contributed by atoms with Crippen molar-refractivity contribution in [3.63, 3.8) is 0 Å². The number of benzene rings is 1. The molecule has 1 aromatic rings. The average Bonchev–Trinajstić information content (AvgIpc) is 2.96. The highest BCUT2D eigenvalue weighted by atomic mass is 35.5. The van der Waals surface area contributed by atoms with Crippen LogP contribution in [0.3, 0.4) is 0 Å². The lowest BCUT2D eigenvalue weighted by atomic mass is 9.99. The van der Waals surface area contributed by atoms with Crippen molar-refractivity contribution < 1.29 is 14.3 Å². The van der Waals surface area contributed by atoms with E-state index in [4.69, 9.17) is 21.1 Å². The van der Waals surface area contributed by atoms with Crippen LogP contribution in [-0.2, 0) is 9.53 Å². The number of aliphatic imine (C=N–C) groups is 1. The first kappa shape index (κ1) is 18.4. The number of ether oxygens (including phenoxy) is 2. The molecule has 2 unspecified atom stereocenters. The molecule has 0 aromatic heterocycles. The van der Waals surface area contributed by atoms with E-state index in [1.165, 1.54) is 7.11 Å². The van der Waals surface area contributed by atoms with Gasteiger partial charge in [-0.1, -0.05) is 24.6 Å². The summed E-state index contributed by atoms with van der Waals surface area (Å²) in [5.41, 5.74) is 0. The maximum atomic E-state index is 11.8. The molecule has 24 heavy (non-hydrogen) atoms. The van der Waals surface area contributed by atoms with E-state index in [2.05, 4.69) is 22.1 Å². The third kappa shape index (κ3) is 4.77. The van der Waals surface area contributed by atoms with Crippen LogP contribution in [0, 0.1) is 11.8 Å². The lowest BCUT2D eigenvalue weighted by Gasteiger charge is -2.21. The fourth-order valence-corrected chi connectivity index (χ4v) is 3.00. The molecule has 0 radical (unpaired) electrons. The molecular formula is C17H24ClN3O3. The second-order valence-corrected chi connectivity index (χ2v) is 6.23. The number of hydrogen-bond acceptors (Lipinski definition) is 4. The Labute approximate surface area is 147 Å². The van der Waals surface area contributed by atoms with Gasteiger partial charge in [0.15, 0.2) is 5.96 Å². The second kappa shape index (κ2) is 8.78. The zero-order valence-corrected chi connectivity index (χ0v) is 15.0. The zero-order valence-electron chi connectivity index (χ0n) is 14.3. The Morgan fingerprint density at radius 3 is 2.92 bits per heavy atom. The van der Waals surface area contributed by atoms with Gasteiger partial charge in [0.05, 0.1) is 19.6 Å². The largest absolute Gasteiger partial charge is 0.492 e. The van der Waals surface area contributed by atoms with E-state index in [1.807, 2.05) is 12.1 Å². The Bertz CT molecular complexity index is 594. The van der Waals surface area contributed by atoms with Crippen molar-refractivity contribution in [3.05, 3.63) is 29.3 Å². The van der Waals surface area contributed by atoms with Crippen LogP contribution in [0.1, 0.15) is 6.92 Å². The Morgan fingerprint density at radius 1 is 1.46 bits per heavy atom. The van der Waals surface area contributed by atoms with Crippen molar-refractivity contribution in [1.29, 1.82) is 0 Å². The van der Waals surface area contributed by atoms with Gasteiger partial charge < -0.3 is 19.7 Å². The van der Waals surface area contributed by atoms with Crippen LogP contribution >= 0.6 is 11.6 Å². The fourth-order valence-electron chi connectivity index (χ4n) is 2.82. The number of likely N-dealkylation sites (tertiary alicyclic amines) is 1. The van der Waals surface area contributed by atoms with Gasteiger partial charge in [0.2, 0.25) is 0 Å². The van der Waals surface area contributed by atoms with E-state index in [-0.39, 0.29) is 17.8 Å². The summed E-state index contributed by atoms with van der Waals surface area (Å²) in [5.74, 6) is 1.46. The van der Waals surface area contributed by atoms with Crippen LogP contribution in [0.5, 0.6) is 5.75 Å². The fraction of sp³-hybridized carbons (Fsp3) is 0.529. The number of carbonyl (C=O) groups excluding carboxylic acids is 1. The molecular weight excluding hydrogens is 330 g/mol. The molecule has 1 saturated heterocycles. The number of methoxy groups -OCH3 is 1. The standard InChI is InChI=1S/C17H24ClN3O3/c1-12-10-21(11-15(12)16(22)23-3)17(19-2)20-7-8-24-14-6-4-5-13(18)9-14/h4-6,9,12,15H,7-8,10-11H2,1-3H3,(H,19,20).